The molecule has 0 spiro atoms. The van der Waals surface area contributed by atoms with Crippen molar-refractivity contribution < 1.29 is 8.78 Å². The van der Waals surface area contributed by atoms with E-state index in [0.717, 1.165) is 10.0 Å². The molecule has 88 valence electrons. The second-order valence-corrected chi connectivity index (χ2v) is 5.19. The van der Waals surface area contributed by atoms with Crippen LogP contribution in [0.2, 0.25) is 0 Å². The summed E-state index contributed by atoms with van der Waals surface area (Å²) < 4.78 is 27.4. The van der Waals surface area contributed by atoms with Crippen molar-refractivity contribution in [3.05, 3.63) is 57.0 Å². The molecule has 0 saturated heterocycles. The van der Waals surface area contributed by atoms with Gasteiger partial charge >= 0.3 is 0 Å². The number of benzene rings is 2. The molecule has 0 heterocycles. The zero-order chi connectivity index (χ0) is 12.4. The predicted octanol–water partition coefficient (Wildman–Crippen LogP) is 5.82. The summed E-state index contributed by atoms with van der Waals surface area (Å²) in [6, 6.07) is 12.4. The summed E-state index contributed by atoms with van der Waals surface area (Å²) >= 11 is 6.55. The Kier molecular flexibility index (Phi) is 3.94. The lowest BCUT2D eigenvalue weighted by Gasteiger charge is -2.12. The van der Waals surface area contributed by atoms with E-state index in [1.807, 2.05) is 24.3 Å². The molecule has 0 atom stereocenters. The van der Waals surface area contributed by atoms with Crippen molar-refractivity contribution in [2.45, 2.75) is 6.43 Å². The lowest BCUT2D eigenvalue weighted by atomic mass is 10.00. The molecule has 17 heavy (non-hydrogen) atoms. The monoisotopic (exact) mass is 360 g/mol. The Morgan fingerprint density at radius 1 is 0.765 bits per heavy atom. The van der Waals surface area contributed by atoms with E-state index in [4.69, 9.17) is 0 Å². The summed E-state index contributed by atoms with van der Waals surface area (Å²) in [7, 11) is 0. The second-order valence-electron chi connectivity index (χ2n) is 3.48. The minimum absolute atomic E-state index is 0.0272. The van der Waals surface area contributed by atoms with Crippen LogP contribution in [-0.2, 0) is 0 Å². The topological polar surface area (TPSA) is 0 Å². The Morgan fingerprint density at radius 3 is 2.00 bits per heavy atom. The van der Waals surface area contributed by atoms with Crippen LogP contribution in [0.25, 0.3) is 11.1 Å². The molecule has 0 N–H and O–H groups in total. The predicted molar refractivity (Wildman–Crippen MR) is 72.2 cm³/mol. The van der Waals surface area contributed by atoms with Crippen LogP contribution in [0.1, 0.15) is 12.0 Å². The lowest BCUT2D eigenvalue weighted by Crippen LogP contribution is -1.92. The Morgan fingerprint density at radius 2 is 1.35 bits per heavy atom. The molecule has 0 nitrogen and oxygen atoms in total. The van der Waals surface area contributed by atoms with Crippen molar-refractivity contribution >= 4 is 31.9 Å². The standard InChI is InChI=1S/C13H8Br2F2/c14-10-6-2-1-4-8(10)9-5-3-7-11(15)12(9)13(16)17/h1-7,13H. The van der Waals surface area contributed by atoms with Gasteiger partial charge in [0.1, 0.15) is 0 Å². The first kappa shape index (κ1) is 12.7. The van der Waals surface area contributed by atoms with Gasteiger partial charge in [0, 0.05) is 14.5 Å². The van der Waals surface area contributed by atoms with Crippen LogP contribution in [-0.4, -0.2) is 0 Å². The SMILES string of the molecule is FC(F)c1c(Br)cccc1-c1ccccc1Br. The van der Waals surface area contributed by atoms with Crippen LogP contribution in [0.15, 0.2) is 51.4 Å². The van der Waals surface area contributed by atoms with Gasteiger partial charge < -0.3 is 0 Å². The first-order chi connectivity index (χ1) is 8.11. The van der Waals surface area contributed by atoms with Gasteiger partial charge in [-0.3, -0.25) is 0 Å². The second kappa shape index (κ2) is 5.27. The van der Waals surface area contributed by atoms with Crippen LogP contribution >= 0.6 is 31.9 Å². The molecule has 0 aliphatic carbocycles. The van der Waals surface area contributed by atoms with E-state index in [-0.39, 0.29) is 5.56 Å². The van der Waals surface area contributed by atoms with E-state index in [1.54, 1.807) is 18.2 Å². The number of hydrogen-bond acceptors (Lipinski definition) is 0. The molecule has 0 aliphatic heterocycles. The molecule has 0 radical (unpaired) electrons. The first-order valence-electron chi connectivity index (χ1n) is 4.92. The van der Waals surface area contributed by atoms with Crippen LogP contribution in [0.5, 0.6) is 0 Å². The van der Waals surface area contributed by atoms with Gasteiger partial charge in [-0.05, 0) is 23.3 Å². The summed E-state index contributed by atoms with van der Waals surface area (Å²) in [4.78, 5) is 0. The van der Waals surface area contributed by atoms with E-state index >= 15 is 0 Å². The summed E-state index contributed by atoms with van der Waals surface area (Å²) in [6.07, 6.45) is -2.51. The molecule has 4 heteroatoms. The fraction of sp³-hybridized carbons (Fsp3) is 0.0769. The van der Waals surface area contributed by atoms with Crippen molar-refractivity contribution in [1.29, 1.82) is 0 Å². The third-order valence-corrected chi connectivity index (χ3v) is 3.82. The fourth-order valence-electron chi connectivity index (χ4n) is 1.67. The number of hydrogen-bond donors (Lipinski definition) is 0. The number of rotatable bonds is 2. The molecule has 2 aromatic rings. The van der Waals surface area contributed by atoms with Gasteiger partial charge in [0.05, 0.1) is 0 Å². The van der Waals surface area contributed by atoms with E-state index in [0.29, 0.717) is 10.0 Å². The highest BCUT2D eigenvalue weighted by Crippen LogP contribution is 2.38. The van der Waals surface area contributed by atoms with Crippen molar-refractivity contribution in [2.75, 3.05) is 0 Å². The number of alkyl halides is 2. The third-order valence-electron chi connectivity index (χ3n) is 2.44. The molecular formula is C13H8Br2F2. The van der Waals surface area contributed by atoms with Gasteiger partial charge in [-0.25, -0.2) is 8.78 Å². The first-order valence-corrected chi connectivity index (χ1v) is 6.51. The number of halogens is 4. The molecule has 0 aromatic heterocycles. The van der Waals surface area contributed by atoms with Gasteiger partial charge in [0.15, 0.2) is 0 Å². The summed E-state index contributed by atoms with van der Waals surface area (Å²) in [6.45, 7) is 0. The highest BCUT2D eigenvalue weighted by molar-refractivity contribution is 9.11. The maximum atomic E-state index is 13.1. The molecule has 2 rings (SSSR count). The molecule has 0 saturated carbocycles. The van der Waals surface area contributed by atoms with Crippen LogP contribution < -0.4 is 0 Å². The van der Waals surface area contributed by atoms with E-state index < -0.39 is 6.43 Å². The maximum Gasteiger partial charge on any atom is 0.265 e. The summed E-state index contributed by atoms with van der Waals surface area (Å²) in [5, 5.41) is 0. The molecule has 0 amide bonds. The molecule has 2 aromatic carbocycles. The van der Waals surface area contributed by atoms with Gasteiger partial charge in [0.25, 0.3) is 6.43 Å². The zero-order valence-corrected chi connectivity index (χ0v) is 11.8. The van der Waals surface area contributed by atoms with Crippen LogP contribution in [0.4, 0.5) is 8.78 Å². The Balaban J connectivity index is 2.68. The lowest BCUT2D eigenvalue weighted by molar-refractivity contribution is 0.151. The van der Waals surface area contributed by atoms with Crippen molar-refractivity contribution in [1.82, 2.24) is 0 Å². The Hall–Kier alpha value is -0.740. The highest BCUT2D eigenvalue weighted by atomic mass is 79.9. The van der Waals surface area contributed by atoms with E-state index in [1.165, 1.54) is 0 Å². The molecule has 0 aliphatic rings. The van der Waals surface area contributed by atoms with Crippen molar-refractivity contribution in [3.8, 4) is 11.1 Å². The van der Waals surface area contributed by atoms with Crippen molar-refractivity contribution in [3.63, 3.8) is 0 Å². The minimum atomic E-state index is -2.51. The van der Waals surface area contributed by atoms with Crippen LogP contribution in [0, 0.1) is 0 Å². The average Bonchev–Trinajstić information content (AvgIpc) is 2.28. The maximum absolute atomic E-state index is 13.1. The largest absolute Gasteiger partial charge is 0.265 e. The highest BCUT2D eigenvalue weighted by Gasteiger charge is 2.18. The zero-order valence-electron chi connectivity index (χ0n) is 8.63. The Bertz CT molecular complexity index is 539. The normalized spacial score (nSPS) is 10.9. The molecule has 0 bridgehead atoms. The van der Waals surface area contributed by atoms with Crippen LogP contribution in [0.3, 0.4) is 0 Å². The summed E-state index contributed by atoms with van der Waals surface area (Å²) in [5.74, 6) is 0. The summed E-state index contributed by atoms with van der Waals surface area (Å²) in [5.41, 5.74) is 1.34. The van der Waals surface area contributed by atoms with Gasteiger partial charge in [0.2, 0.25) is 0 Å². The minimum Gasteiger partial charge on any atom is -0.205 e. The van der Waals surface area contributed by atoms with Gasteiger partial charge in [-0.2, -0.15) is 0 Å². The van der Waals surface area contributed by atoms with Gasteiger partial charge in [-0.15, -0.1) is 0 Å². The quantitative estimate of drug-likeness (QED) is 0.632. The smallest absolute Gasteiger partial charge is 0.205 e. The van der Waals surface area contributed by atoms with Gasteiger partial charge in [-0.1, -0.05) is 62.2 Å². The fourth-order valence-corrected chi connectivity index (χ4v) is 2.71. The third kappa shape index (κ3) is 2.58. The molecular weight excluding hydrogens is 354 g/mol. The molecule has 0 unspecified atom stereocenters. The van der Waals surface area contributed by atoms with E-state index in [9.17, 15) is 8.78 Å². The van der Waals surface area contributed by atoms with Crippen molar-refractivity contribution in [2.24, 2.45) is 0 Å². The molecule has 0 fully saturated rings. The van der Waals surface area contributed by atoms with E-state index in [2.05, 4.69) is 31.9 Å². The Labute approximate surface area is 115 Å². The average molecular weight is 362 g/mol.